The van der Waals surface area contributed by atoms with Crippen LogP contribution in [-0.2, 0) is 19.6 Å². The Kier molecular flexibility index (Phi) is 6.20. The van der Waals surface area contributed by atoms with Gasteiger partial charge in [0.2, 0.25) is 11.7 Å². The van der Waals surface area contributed by atoms with Crippen LogP contribution in [0.4, 0.5) is 0 Å². The van der Waals surface area contributed by atoms with E-state index in [0.29, 0.717) is 18.3 Å². The highest BCUT2D eigenvalue weighted by Gasteiger charge is 2.08. The van der Waals surface area contributed by atoms with E-state index in [1.807, 2.05) is 12.1 Å². The molecule has 0 saturated carbocycles. The van der Waals surface area contributed by atoms with Gasteiger partial charge in [0, 0.05) is 13.0 Å². The van der Waals surface area contributed by atoms with Crippen molar-refractivity contribution in [3.63, 3.8) is 0 Å². The summed E-state index contributed by atoms with van der Waals surface area (Å²) in [6.45, 7) is 6.27. The first kappa shape index (κ1) is 16.0. The van der Waals surface area contributed by atoms with Gasteiger partial charge in [0.15, 0.2) is 6.61 Å². The van der Waals surface area contributed by atoms with E-state index in [4.69, 9.17) is 9.26 Å². The summed E-state index contributed by atoms with van der Waals surface area (Å²) in [6.07, 6.45) is 1.79. The second-order valence-electron chi connectivity index (χ2n) is 4.69. The van der Waals surface area contributed by atoms with Crippen molar-refractivity contribution in [1.29, 1.82) is 0 Å². The fourth-order valence-corrected chi connectivity index (χ4v) is 2.39. The summed E-state index contributed by atoms with van der Waals surface area (Å²) < 4.78 is 11.8. The Hall–Kier alpha value is -1.40. The maximum Gasteiger partial charge on any atom is 0.226 e. The SMILES string of the molecule is CCCc1nc(COc2ccc(CNCC)cc2Br)no1. The molecule has 0 bridgehead atoms. The predicted octanol–water partition coefficient (Wildman–Crippen LogP) is 3.47. The second-order valence-corrected chi connectivity index (χ2v) is 5.54. The molecule has 114 valence electrons. The quantitative estimate of drug-likeness (QED) is 0.787. The molecule has 0 radical (unpaired) electrons. The zero-order valence-electron chi connectivity index (χ0n) is 12.4. The third kappa shape index (κ3) is 4.82. The lowest BCUT2D eigenvalue weighted by molar-refractivity contribution is 0.283. The van der Waals surface area contributed by atoms with Crippen molar-refractivity contribution in [2.45, 2.75) is 39.8 Å². The molecular formula is C15H20BrN3O2. The van der Waals surface area contributed by atoms with Crippen LogP contribution in [0.3, 0.4) is 0 Å². The molecule has 0 atom stereocenters. The molecule has 2 rings (SSSR count). The number of ether oxygens (including phenoxy) is 1. The highest BCUT2D eigenvalue weighted by Crippen LogP contribution is 2.26. The van der Waals surface area contributed by atoms with E-state index in [-0.39, 0.29) is 0 Å². The fourth-order valence-electron chi connectivity index (χ4n) is 1.85. The number of hydrogen-bond donors (Lipinski definition) is 1. The Balaban J connectivity index is 1.92. The minimum atomic E-state index is 0.304. The van der Waals surface area contributed by atoms with E-state index in [2.05, 4.69) is 51.3 Å². The Morgan fingerprint density at radius 1 is 1.33 bits per heavy atom. The Labute approximate surface area is 133 Å². The first-order valence-corrected chi connectivity index (χ1v) is 7.95. The molecular weight excluding hydrogens is 334 g/mol. The number of rotatable bonds is 8. The molecule has 0 aliphatic rings. The summed E-state index contributed by atoms with van der Waals surface area (Å²) in [7, 11) is 0. The van der Waals surface area contributed by atoms with Crippen LogP contribution in [0.15, 0.2) is 27.2 Å². The topological polar surface area (TPSA) is 60.2 Å². The molecule has 0 unspecified atom stereocenters. The van der Waals surface area contributed by atoms with Crippen LogP contribution in [0.5, 0.6) is 5.75 Å². The van der Waals surface area contributed by atoms with Crippen molar-refractivity contribution in [2.24, 2.45) is 0 Å². The maximum atomic E-state index is 5.72. The van der Waals surface area contributed by atoms with E-state index in [1.165, 1.54) is 5.56 Å². The monoisotopic (exact) mass is 353 g/mol. The first-order valence-electron chi connectivity index (χ1n) is 7.16. The molecule has 0 fully saturated rings. The van der Waals surface area contributed by atoms with Crippen LogP contribution in [0, 0.1) is 0 Å². The minimum absolute atomic E-state index is 0.304. The standard InChI is InChI=1S/C15H20BrN3O2/c1-3-5-15-18-14(19-21-15)10-20-13-7-6-11(8-12(13)16)9-17-4-2/h6-8,17H,3-5,9-10H2,1-2H3. The highest BCUT2D eigenvalue weighted by molar-refractivity contribution is 9.10. The smallest absolute Gasteiger partial charge is 0.226 e. The molecule has 1 N–H and O–H groups in total. The molecule has 1 aromatic heterocycles. The number of aromatic nitrogens is 2. The Morgan fingerprint density at radius 3 is 2.90 bits per heavy atom. The average molecular weight is 354 g/mol. The van der Waals surface area contributed by atoms with Crippen LogP contribution in [-0.4, -0.2) is 16.7 Å². The molecule has 0 aliphatic heterocycles. The normalized spacial score (nSPS) is 10.8. The van der Waals surface area contributed by atoms with Gasteiger partial charge in [-0.15, -0.1) is 0 Å². The lowest BCUT2D eigenvalue weighted by atomic mass is 10.2. The van der Waals surface area contributed by atoms with Gasteiger partial charge in [0.25, 0.3) is 0 Å². The van der Waals surface area contributed by atoms with Gasteiger partial charge in [-0.1, -0.05) is 25.1 Å². The van der Waals surface area contributed by atoms with E-state index < -0.39 is 0 Å². The van der Waals surface area contributed by atoms with Crippen molar-refractivity contribution in [3.8, 4) is 5.75 Å². The van der Waals surface area contributed by atoms with Crippen molar-refractivity contribution < 1.29 is 9.26 Å². The molecule has 21 heavy (non-hydrogen) atoms. The first-order chi connectivity index (χ1) is 10.2. The highest BCUT2D eigenvalue weighted by atomic mass is 79.9. The fraction of sp³-hybridized carbons (Fsp3) is 0.467. The summed E-state index contributed by atoms with van der Waals surface area (Å²) in [5.41, 5.74) is 1.21. The molecule has 0 saturated heterocycles. The third-order valence-electron chi connectivity index (χ3n) is 2.91. The van der Waals surface area contributed by atoms with Gasteiger partial charge in [-0.25, -0.2) is 0 Å². The lowest BCUT2D eigenvalue weighted by Crippen LogP contribution is -2.11. The summed E-state index contributed by atoms with van der Waals surface area (Å²) in [5.74, 6) is 2.01. The summed E-state index contributed by atoms with van der Waals surface area (Å²) in [4.78, 5) is 4.27. The molecule has 1 heterocycles. The number of halogens is 1. The van der Waals surface area contributed by atoms with Gasteiger partial charge < -0.3 is 14.6 Å². The molecule has 6 heteroatoms. The van der Waals surface area contributed by atoms with Gasteiger partial charge >= 0.3 is 0 Å². The molecule has 0 amide bonds. The van der Waals surface area contributed by atoms with E-state index >= 15 is 0 Å². The van der Waals surface area contributed by atoms with Gasteiger partial charge in [0.05, 0.1) is 4.47 Å². The molecule has 5 nitrogen and oxygen atoms in total. The molecule has 0 spiro atoms. The van der Waals surface area contributed by atoms with Crippen molar-refractivity contribution >= 4 is 15.9 Å². The zero-order valence-corrected chi connectivity index (χ0v) is 13.9. The Bertz CT molecular complexity index is 572. The largest absolute Gasteiger partial charge is 0.484 e. The molecule has 0 aliphatic carbocycles. The van der Waals surface area contributed by atoms with Crippen molar-refractivity contribution in [3.05, 3.63) is 40.0 Å². The minimum Gasteiger partial charge on any atom is -0.484 e. The average Bonchev–Trinajstić information content (AvgIpc) is 2.92. The number of hydrogen-bond acceptors (Lipinski definition) is 5. The second kappa shape index (κ2) is 8.14. The van der Waals surface area contributed by atoms with E-state index in [0.717, 1.165) is 36.2 Å². The maximum absolute atomic E-state index is 5.72. The number of nitrogens with one attached hydrogen (secondary N) is 1. The summed E-state index contributed by atoms with van der Waals surface area (Å²) in [6, 6.07) is 6.04. The van der Waals surface area contributed by atoms with Crippen LogP contribution < -0.4 is 10.1 Å². The summed E-state index contributed by atoms with van der Waals surface area (Å²) >= 11 is 3.53. The molecule has 1 aromatic carbocycles. The van der Waals surface area contributed by atoms with Crippen molar-refractivity contribution in [2.75, 3.05) is 6.54 Å². The van der Waals surface area contributed by atoms with Crippen LogP contribution in [0.25, 0.3) is 0 Å². The van der Waals surface area contributed by atoms with Crippen LogP contribution in [0.2, 0.25) is 0 Å². The van der Waals surface area contributed by atoms with Gasteiger partial charge in [0.1, 0.15) is 5.75 Å². The van der Waals surface area contributed by atoms with E-state index in [9.17, 15) is 0 Å². The Morgan fingerprint density at radius 2 is 2.19 bits per heavy atom. The lowest BCUT2D eigenvalue weighted by Gasteiger charge is -2.08. The number of benzene rings is 1. The van der Waals surface area contributed by atoms with Gasteiger partial charge in [-0.2, -0.15) is 4.98 Å². The number of nitrogens with zero attached hydrogens (tertiary/aromatic N) is 2. The van der Waals surface area contributed by atoms with E-state index in [1.54, 1.807) is 0 Å². The van der Waals surface area contributed by atoms with Crippen LogP contribution >= 0.6 is 15.9 Å². The van der Waals surface area contributed by atoms with Gasteiger partial charge in [-0.3, -0.25) is 0 Å². The predicted molar refractivity (Wildman–Crippen MR) is 84.1 cm³/mol. The third-order valence-corrected chi connectivity index (χ3v) is 3.53. The van der Waals surface area contributed by atoms with Gasteiger partial charge in [-0.05, 0) is 46.6 Å². The van der Waals surface area contributed by atoms with Crippen molar-refractivity contribution in [1.82, 2.24) is 15.5 Å². The number of aryl methyl sites for hydroxylation is 1. The molecule has 2 aromatic rings. The summed E-state index contributed by atoms with van der Waals surface area (Å²) in [5, 5.41) is 7.19. The van der Waals surface area contributed by atoms with Crippen LogP contribution in [0.1, 0.15) is 37.5 Å². The zero-order chi connectivity index (χ0) is 15.1.